The molecule has 0 saturated heterocycles. The normalized spacial score (nSPS) is 27.6. The zero-order valence-electron chi connectivity index (χ0n) is 21.8. The zero-order chi connectivity index (χ0) is 26.0. The van der Waals surface area contributed by atoms with Crippen LogP contribution in [0.25, 0.3) is 0 Å². The molecule has 9 nitrogen and oxygen atoms in total. The molecule has 1 heterocycles. The van der Waals surface area contributed by atoms with E-state index in [2.05, 4.69) is 50.2 Å². The van der Waals surface area contributed by atoms with Gasteiger partial charge in [-0.25, -0.2) is 5.53 Å². The molecule has 0 radical (unpaired) electrons. The van der Waals surface area contributed by atoms with Crippen LogP contribution in [-0.2, 0) is 16.6 Å². The van der Waals surface area contributed by atoms with Gasteiger partial charge in [-0.2, -0.15) is 5.43 Å². The Morgan fingerprint density at radius 2 is 1.86 bits per heavy atom. The third-order valence-electron chi connectivity index (χ3n) is 7.22. The van der Waals surface area contributed by atoms with Gasteiger partial charge >= 0.3 is 0 Å². The lowest BCUT2D eigenvalue weighted by molar-refractivity contribution is -0.117. The van der Waals surface area contributed by atoms with Gasteiger partial charge in [0.15, 0.2) is 6.17 Å². The van der Waals surface area contributed by atoms with E-state index in [1.165, 1.54) is 0 Å². The highest BCUT2D eigenvalue weighted by molar-refractivity contribution is 5.96. The number of fused-ring (bicyclic) bond motifs is 2. The van der Waals surface area contributed by atoms with E-state index in [0.29, 0.717) is 17.6 Å². The van der Waals surface area contributed by atoms with Gasteiger partial charge in [-0.3, -0.25) is 9.59 Å². The molecule has 0 spiro atoms. The number of hydrogen-bond acceptors (Lipinski definition) is 7. The van der Waals surface area contributed by atoms with Crippen LogP contribution in [0.2, 0.25) is 0 Å². The summed E-state index contributed by atoms with van der Waals surface area (Å²) in [4.78, 5) is 25.7. The van der Waals surface area contributed by atoms with E-state index in [0.717, 1.165) is 24.0 Å². The third-order valence-corrected chi connectivity index (χ3v) is 7.22. The van der Waals surface area contributed by atoms with Gasteiger partial charge in [-0.15, -0.1) is 5.11 Å². The van der Waals surface area contributed by atoms with Crippen molar-refractivity contribution in [1.29, 1.82) is 0 Å². The summed E-state index contributed by atoms with van der Waals surface area (Å²) in [7, 11) is 0. The number of hydrazine groups is 1. The van der Waals surface area contributed by atoms with Crippen LogP contribution >= 0.6 is 0 Å². The Hall–Kier alpha value is -3.04. The van der Waals surface area contributed by atoms with Crippen molar-refractivity contribution < 1.29 is 9.59 Å². The molecule has 0 fully saturated rings. The summed E-state index contributed by atoms with van der Waals surface area (Å²) in [6.45, 7) is 9.83. The van der Waals surface area contributed by atoms with E-state index in [4.69, 9.17) is 5.73 Å². The van der Waals surface area contributed by atoms with Crippen LogP contribution in [-0.4, -0.2) is 36.1 Å². The van der Waals surface area contributed by atoms with Crippen molar-refractivity contribution in [3.05, 3.63) is 58.7 Å². The van der Waals surface area contributed by atoms with Gasteiger partial charge < -0.3 is 16.4 Å². The number of rotatable bonds is 7. The number of nitrogens with two attached hydrogens (primary N) is 1. The summed E-state index contributed by atoms with van der Waals surface area (Å²) in [6.07, 6.45) is 8.12. The number of amides is 2. The number of benzene rings is 1. The van der Waals surface area contributed by atoms with Crippen LogP contribution in [0.15, 0.2) is 52.3 Å². The lowest BCUT2D eigenvalue weighted by Gasteiger charge is -2.46. The largest absolute Gasteiger partial charge is 0.350 e. The molecule has 1 aromatic rings. The molecule has 4 rings (SSSR count). The highest BCUT2D eigenvalue weighted by Crippen LogP contribution is 2.51. The maximum atomic E-state index is 12.8. The molecule has 36 heavy (non-hydrogen) atoms. The third kappa shape index (κ3) is 5.08. The first kappa shape index (κ1) is 26.0. The lowest BCUT2D eigenvalue weighted by Crippen LogP contribution is -2.55. The minimum Gasteiger partial charge on any atom is -0.350 e. The number of carbonyl (C=O) groups excluding carboxylic acids is 2. The molecule has 1 aliphatic heterocycles. The lowest BCUT2D eigenvalue weighted by atomic mass is 9.60. The van der Waals surface area contributed by atoms with E-state index in [1.807, 2.05) is 52.8 Å². The fourth-order valence-electron chi connectivity index (χ4n) is 5.95. The number of allylic oxidation sites excluding steroid dienone is 2. The van der Waals surface area contributed by atoms with Crippen molar-refractivity contribution in [3.8, 4) is 0 Å². The molecule has 2 aliphatic carbocycles. The summed E-state index contributed by atoms with van der Waals surface area (Å²) in [5, 5.41) is 14.6. The van der Waals surface area contributed by atoms with Crippen LogP contribution in [0.3, 0.4) is 0 Å². The summed E-state index contributed by atoms with van der Waals surface area (Å²) in [5.74, 6) is -0.0149. The predicted octanol–water partition coefficient (Wildman–Crippen LogP) is 2.80. The van der Waals surface area contributed by atoms with Crippen molar-refractivity contribution in [1.82, 2.24) is 21.6 Å². The van der Waals surface area contributed by atoms with E-state index in [9.17, 15) is 9.59 Å². The smallest absolute Gasteiger partial charge is 0.251 e. The zero-order valence-corrected chi connectivity index (χ0v) is 21.8. The maximum absolute atomic E-state index is 12.8. The quantitative estimate of drug-likeness (QED) is 0.398. The summed E-state index contributed by atoms with van der Waals surface area (Å²) < 4.78 is 0. The number of aryl methyl sites for hydroxylation is 1. The molecule has 4 unspecified atom stereocenters. The van der Waals surface area contributed by atoms with Crippen molar-refractivity contribution >= 4 is 11.8 Å². The van der Waals surface area contributed by atoms with E-state index in [1.54, 1.807) is 0 Å². The minimum atomic E-state index is -0.530. The Morgan fingerprint density at radius 1 is 1.14 bits per heavy atom. The Kier molecular flexibility index (Phi) is 7.61. The first-order valence-electron chi connectivity index (χ1n) is 12.9. The second kappa shape index (κ2) is 10.5. The van der Waals surface area contributed by atoms with E-state index < -0.39 is 5.41 Å². The van der Waals surface area contributed by atoms with Crippen LogP contribution in [0.1, 0.15) is 68.9 Å². The first-order chi connectivity index (χ1) is 17.1. The molecule has 5 atom stereocenters. The molecule has 2 amide bonds. The number of carbonyl (C=O) groups is 2. The summed E-state index contributed by atoms with van der Waals surface area (Å²) in [5.41, 5.74) is 15.6. The molecule has 6 N–H and O–H groups in total. The van der Waals surface area contributed by atoms with Gasteiger partial charge in [0.2, 0.25) is 0 Å². The van der Waals surface area contributed by atoms with Crippen LogP contribution < -0.4 is 27.3 Å². The van der Waals surface area contributed by atoms with Crippen LogP contribution in [0, 0.1) is 11.8 Å². The van der Waals surface area contributed by atoms with Crippen LogP contribution in [0.5, 0.6) is 0 Å². The van der Waals surface area contributed by atoms with E-state index >= 15 is 0 Å². The topological polar surface area (TPSA) is 133 Å². The van der Waals surface area contributed by atoms with Crippen molar-refractivity contribution in [2.75, 3.05) is 0 Å². The number of nitrogens with zero attached hydrogens (tertiary/aromatic N) is 2. The first-order valence-corrected chi connectivity index (χ1v) is 12.9. The van der Waals surface area contributed by atoms with E-state index in [-0.39, 0.29) is 47.9 Å². The second-order valence-electron chi connectivity index (χ2n) is 10.9. The molecular formula is C27H39N7O2. The average Bonchev–Trinajstić information content (AvgIpc) is 3.31. The Labute approximate surface area is 213 Å². The average molecular weight is 494 g/mol. The SMILES string of the molecule is CC(C)NC(=O)C1=CC2CCc3cc(C(=O)NC(C)C)ccc3C(C[C@H](C)N)(C3N=NNN3)C2C=C1. The monoisotopic (exact) mass is 493 g/mol. The van der Waals surface area contributed by atoms with Crippen LogP contribution in [0.4, 0.5) is 0 Å². The predicted molar refractivity (Wildman–Crippen MR) is 140 cm³/mol. The fraction of sp³-hybridized carbons (Fsp3) is 0.556. The summed E-state index contributed by atoms with van der Waals surface area (Å²) in [6, 6.07) is 5.99. The van der Waals surface area contributed by atoms with Gasteiger partial charge in [0.05, 0.1) is 0 Å². The summed E-state index contributed by atoms with van der Waals surface area (Å²) >= 11 is 0. The van der Waals surface area contributed by atoms with Gasteiger partial charge in [-0.05, 0) is 89.0 Å². The van der Waals surface area contributed by atoms with Gasteiger partial charge in [0, 0.05) is 34.7 Å². The number of hydrogen-bond donors (Lipinski definition) is 5. The Bertz CT molecular complexity index is 1090. The van der Waals surface area contributed by atoms with Crippen molar-refractivity contribution in [2.24, 2.45) is 27.9 Å². The molecule has 9 heteroatoms. The Balaban J connectivity index is 1.83. The molecule has 0 saturated carbocycles. The molecule has 0 bridgehead atoms. The molecule has 1 aromatic carbocycles. The minimum absolute atomic E-state index is 0.0343. The molecule has 0 aromatic heterocycles. The van der Waals surface area contributed by atoms with Gasteiger partial charge in [-0.1, -0.05) is 29.5 Å². The fourth-order valence-corrected chi connectivity index (χ4v) is 5.95. The molecule has 3 aliphatic rings. The maximum Gasteiger partial charge on any atom is 0.251 e. The van der Waals surface area contributed by atoms with Gasteiger partial charge in [0.1, 0.15) is 0 Å². The van der Waals surface area contributed by atoms with Gasteiger partial charge in [0.25, 0.3) is 11.8 Å². The van der Waals surface area contributed by atoms with Crippen molar-refractivity contribution in [2.45, 2.75) is 83.6 Å². The molecular weight excluding hydrogens is 454 g/mol. The standard InChI is InChI=1S/C27H39N7O2/c1-15(2)29-24(35)20-8-10-22-18(12-20)6-7-19-13-21(25(36)30-16(3)4)9-11-23(19)27(22,14-17(5)28)26-31-33-34-32-26/h8-13,15-18,22,26H,6-7,14,28H2,1-5H3,(H,29,35)(H,30,36)(H,31,34)(H,32,33)/t17-,18?,22?,27?/m0/s1. The highest BCUT2D eigenvalue weighted by Gasteiger charge is 2.53. The highest BCUT2D eigenvalue weighted by atomic mass is 16.2. The number of nitrogens with one attached hydrogen (secondary N) is 4. The second-order valence-corrected chi connectivity index (χ2v) is 10.9. The molecule has 194 valence electrons. The van der Waals surface area contributed by atoms with Crippen molar-refractivity contribution in [3.63, 3.8) is 0 Å². The Morgan fingerprint density at radius 3 is 2.50 bits per heavy atom.